The van der Waals surface area contributed by atoms with E-state index in [0.29, 0.717) is 6.04 Å². The number of nitrogens with zero attached hydrogens (tertiary/aromatic N) is 1. The van der Waals surface area contributed by atoms with Crippen LogP contribution in [0.1, 0.15) is 45.4 Å². The highest BCUT2D eigenvalue weighted by molar-refractivity contribution is 5.81. The fourth-order valence-electron chi connectivity index (χ4n) is 3.16. The molecule has 1 saturated heterocycles. The molecule has 15 heavy (non-hydrogen) atoms. The molecule has 2 N–H and O–H groups in total. The minimum Gasteiger partial charge on any atom is -0.338 e. The number of hydrogen-bond donors (Lipinski definition) is 1. The summed E-state index contributed by atoms with van der Waals surface area (Å²) in [4.78, 5) is 14.0. The first-order valence-corrected chi connectivity index (χ1v) is 6.26. The summed E-state index contributed by atoms with van der Waals surface area (Å²) in [7, 11) is 0. The van der Waals surface area contributed by atoms with Crippen molar-refractivity contribution in [2.45, 2.75) is 57.5 Å². The lowest BCUT2D eigenvalue weighted by atomic mass is 9.78. The van der Waals surface area contributed by atoms with Gasteiger partial charge in [-0.2, -0.15) is 0 Å². The van der Waals surface area contributed by atoms with Gasteiger partial charge in [-0.05, 0) is 38.5 Å². The molecule has 1 amide bonds. The van der Waals surface area contributed by atoms with Crippen LogP contribution in [0.4, 0.5) is 0 Å². The van der Waals surface area contributed by atoms with Crippen molar-refractivity contribution in [3.8, 4) is 0 Å². The van der Waals surface area contributed by atoms with E-state index in [0.717, 1.165) is 12.5 Å². The highest BCUT2D eigenvalue weighted by Gasteiger charge is 2.36. The summed E-state index contributed by atoms with van der Waals surface area (Å²) in [5.41, 5.74) is 5.70. The quantitative estimate of drug-likeness (QED) is 0.713. The van der Waals surface area contributed by atoms with Crippen LogP contribution in [0.5, 0.6) is 0 Å². The standard InChI is InChI=1S/C12H22N2O/c1-9(13)12(15)14-8-4-6-10-5-2-3-7-11(10)14/h9-11H,2-8,13H2,1H3/t9-,10-,11-/m0/s1. The molecule has 2 rings (SSSR count). The average molecular weight is 210 g/mol. The molecule has 0 radical (unpaired) electrons. The van der Waals surface area contributed by atoms with Gasteiger partial charge in [-0.3, -0.25) is 4.79 Å². The zero-order valence-electron chi connectivity index (χ0n) is 9.61. The van der Waals surface area contributed by atoms with Gasteiger partial charge < -0.3 is 10.6 Å². The van der Waals surface area contributed by atoms with Crippen molar-refractivity contribution in [1.29, 1.82) is 0 Å². The molecule has 0 bridgehead atoms. The normalized spacial score (nSPS) is 33.3. The van der Waals surface area contributed by atoms with E-state index in [9.17, 15) is 4.79 Å². The lowest BCUT2D eigenvalue weighted by Gasteiger charge is -2.44. The van der Waals surface area contributed by atoms with Gasteiger partial charge in [-0.1, -0.05) is 12.8 Å². The Balaban J connectivity index is 2.06. The first kappa shape index (κ1) is 10.9. The van der Waals surface area contributed by atoms with Gasteiger partial charge >= 0.3 is 0 Å². The summed E-state index contributed by atoms with van der Waals surface area (Å²) in [5.74, 6) is 0.918. The number of nitrogens with two attached hydrogens (primary N) is 1. The van der Waals surface area contributed by atoms with Crippen LogP contribution >= 0.6 is 0 Å². The second-order valence-corrected chi connectivity index (χ2v) is 5.07. The Hall–Kier alpha value is -0.570. The van der Waals surface area contributed by atoms with Gasteiger partial charge in [0.2, 0.25) is 5.91 Å². The van der Waals surface area contributed by atoms with Crippen LogP contribution in [0.15, 0.2) is 0 Å². The van der Waals surface area contributed by atoms with Crippen LogP contribution in [0.25, 0.3) is 0 Å². The van der Waals surface area contributed by atoms with E-state index in [1.807, 2.05) is 0 Å². The Morgan fingerprint density at radius 3 is 2.67 bits per heavy atom. The summed E-state index contributed by atoms with van der Waals surface area (Å²) in [5, 5.41) is 0. The Kier molecular flexibility index (Phi) is 3.29. The Labute approximate surface area is 92.0 Å². The Bertz CT molecular complexity index is 238. The zero-order chi connectivity index (χ0) is 10.8. The number of rotatable bonds is 1. The van der Waals surface area contributed by atoms with Gasteiger partial charge in [0, 0.05) is 12.6 Å². The van der Waals surface area contributed by atoms with Gasteiger partial charge in [0.1, 0.15) is 0 Å². The minimum atomic E-state index is -0.328. The highest BCUT2D eigenvalue weighted by Crippen LogP contribution is 2.35. The van der Waals surface area contributed by atoms with E-state index in [2.05, 4.69) is 4.90 Å². The van der Waals surface area contributed by atoms with Gasteiger partial charge in [0.25, 0.3) is 0 Å². The molecule has 3 atom stereocenters. The first-order chi connectivity index (χ1) is 7.20. The lowest BCUT2D eigenvalue weighted by Crippen LogP contribution is -2.53. The van der Waals surface area contributed by atoms with Crippen molar-refractivity contribution in [1.82, 2.24) is 4.90 Å². The summed E-state index contributed by atoms with van der Waals surface area (Å²) >= 11 is 0. The van der Waals surface area contributed by atoms with Crippen molar-refractivity contribution in [3.05, 3.63) is 0 Å². The molecule has 3 heteroatoms. The van der Waals surface area contributed by atoms with E-state index in [1.165, 1.54) is 38.5 Å². The molecule has 0 aromatic heterocycles. The molecule has 0 aromatic carbocycles. The minimum absolute atomic E-state index is 0.159. The molecule has 0 spiro atoms. The number of amides is 1. The molecular weight excluding hydrogens is 188 g/mol. The van der Waals surface area contributed by atoms with Crippen molar-refractivity contribution < 1.29 is 4.79 Å². The topological polar surface area (TPSA) is 46.3 Å². The molecule has 2 fully saturated rings. The molecule has 1 aliphatic heterocycles. The van der Waals surface area contributed by atoms with Gasteiger partial charge in [0.15, 0.2) is 0 Å². The predicted octanol–water partition coefficient (Wildman–Crippen LogP) is 1.51. The van der Waals surface area contributed by atoms with Crippen LogP contribution in [-0.2, 0) is 4.79 Å². The number of fused-ring (bicyclic) bond motifs is 1. The fraction of sp³-hybridized carbons (Fsp3) is 0.917. The maximum atomic E-state index is 12.0. The van der Waals surface area contributed by atoms with Gasteiger partial charge in [-0.25, -0.2) is 0 Å². The van der Waals surface area contributed by atoms with E-state index in [4.69, 9.17) is 5.73 Å². The van der Waals surface area contributed by atoms with Crippen LogP contribution < -0.4 is 5.73 Å². The third-order valence-electron chi connectivity index (χ3n) is 3.92. The molecular formula is C12H22N2O. The molecule has 0 aromatic rings. The third kappa shape index (κ3) is 2.17. The number of piperidine rings is 1. The van der Waals surface area contributed by atoms with Gasteiger partial charge in [-0.15, -0.1) is 0 Å². The Morgan fingerprint density at radius 2 is 1.93 bits per heavy atom. The van der Waals surface area contributed by atoms with Crippen molar-refractivity contribution in [3.63, 3.8) is 0 Å². The maximum Gasteiger partial charge on any atom is 0.239 e. The smallest absolute Gasteiger partial charge is 0.239 e. The molecule has 2 aliphatic rings. The molecule has 3 nitrogen and oxygen atoms in total. The predicted molar refractivity (Wildman–Crippen MR) is 60.3 cm³/mol. The number of carbonyl (C=O) groups is 1. The average Bonchev–Trinajstić information content (AvgIpc) is 2.27. The highest BCUT2D eigenvalue weighted by atomic mass is 16.2. The molecule has 1 heterocycles. The SMILES string of the molecule is C[C@H](N)C(=O)N1CCC[C@@H]2CCCC[C@@H]21. The Morgan fingerprint density at radius 1 is 1.27 bits per heavy atom. The third-order valence-corrected chi connectivity index (χ3v) is 3.92. The second kappa shape index (κ2) is 4.52. The lowest BCUT2D eigenvalue weighted by molar-refractivity contribution is -0.138. The second-order valence-electron chi connectivity index (χ2n) is 5.07. The van der Waals surface area contributed by atoms with E-state index in [1.54, 1.807) is 6.92 Å². The van der Waals surface area contributed by atoms with E-state index in [-0.39, 0.29) is 11.9 Å². The van der Waals surface area contributed by atoms with Crippen LogP contribution in [0, 0.1) is 5.92 Å². The maximum absolute atomic E-state index is 12.0. The van der Waals surface area contributed by atoms with Crippen LogP contribution in [0.3, 0.4) is 0 Å². The van der Waals surface area contributed by atoms with Crippen LogP contribution in [0.2, 0.25) is 0 Å². The number of carbonyl (C=O) groups excluding carboxylic acids is 1. The van der Waals surface area contributed by atoms with Gasteiger partial charge in [0.05, 0.1) is 6.04 Å². The molecule has 1 aliphatic carbocycles. The zero-order valence-corrected chi connectivity index (χ0v) is 9.61. The van der Waals surface area contributed by atoms with Crippen LogP contribution in [-0.4, -0.2) is 29.4 Å². The van der Waals surface area contributed by atoms with Crippen molar-refractivity contribution in [2.75, 3.05) is 6.54 Å². The monoisotopic (exact) mass is 210 g/mol. The molecule has 1 saturated carbocycles. The van der Waals surface area contributed by atoms with E-state index < -0.39 is 0 Å². The summed E-state index contributed by atoms with van der Waals surface area (Å²) in [6.45, 7) is 2.73. The summed E-state index contributed by atoms with van der Waals surface area (Å²) in [6, 6.07) is 0.177. The number of likely N-dealkylation sites (tertiary alicyclic amines) is 1. The molecule has 86 valence electrons. The largest absolute Gasteiger partial charge is 0.338 e. The summed E-state index contributed by atoms with van der Waals surface area (Å²) in [6.07, 6.45) is 7.62. The van der Waals surface area contributed by atoms with E-state index >= 15 is 0 Å². The molecule has 0 unspecified atom stereocenters. The van der Waals surface area contributed by atoms with Crippen molar-refractivity contribution in [2.24, 2.45) is 11.7 Å². The fourth-order valence-corrected chi connectivity index (χ4v) is 3.16. The van der Waals surface area contributed by atoms with Crippen molar-refractivity contribution >= 4 is 5.91 Å². The summed E-state index contributed by atoms with van der Waals surface area (Å²) < 4.78 is 0. The first-order valence-electron chi connectivity index (χ1n) is 6.26. The number of hydrogen-bond acceptors (Lipinski definition) is 2.